The third kappa shape index (κ3) is 3.67. The Morgan fingerprint density at radius 3 is 2.71 bits per heavy atom. The van der Waals surface area contributed by atoms with Crippen LogP contribution in [0.1, 0.15) is 13.8 Å². The molecular weight excluding hydrogens is 227 g/mol. The third-order valence-corrected chi connectivity index (χ3v) is 2.35. The zero-order valence-corrected chi connectivity index (χ0v) is 9.74. The fourth-order valence-corrected chi connectivity index (χ4v) is 1.15. The van der Waals surface area contributed by atoms with E-state index in [1.807, 2.05) is 0 Å². The number of benzene rings is 1. The van der Waals surface area contributed by atoms with Gasteiger partial charge < -0.3 is 10.4 Å². The molecule has 0 saturated heterocycles. The minimum Gasteiger partial charge on any atom is -0.396 e. The average Bonchev–Trinajstić information content (AvgIpc) is 2.27. The first-order valence-electron chi connectivity index (χ1n) is 5.14. The van der Waals surface area contributed by atoms with Gasteiger partial charge in [0.1, 0.15) is 5.82 Å². The van der Waals surface area contributed by atoms with Gasteiger partial charge in [0, 0.05) is 30.7 Å². The first-order valence-corrected chi connectivity index (χ1v) is 5.14. The molecule has 0 aromatic heterocycles. The van der Waals surface area contributed by atoms with Crippen molar-refractivity contribution in [3.8, 4) is 0 Å². The lowest BCUT2D eigenvalue weighted by molar-refractivity contribution is -0.384. The van der Waals surface area contributed by atoms with Crippen molar-refractivity contribution in [3.63, 3.8) is 0 Å². The highest BCUT2D eigenvalue weighted by molar-refractivity contribution is 5.52. The van der Waals surface area contributed by atoms with E-state index in [1.165, 1.54) is 0 Å². The maximum absolute atomic E-state index is 13.4. The molecule has 0 bridgehead atoms. The van der Waals surface area contributed by atoms with Crippen molar-refractivity contribution in [2.45, 2.75) is 13.8 Å². The molecule has 0 atom stereocenters. The number of anilines is 1. The topological polar surface area (TPSA) is 75.4 Å². The number of nitrogens with one attached hydrogen (secondary N) is 1. The summed E-state index contributed by atoms with van der Waals surface area (Å²) in [5.41, 5.74) is -0.520. The molecule has 1 aromatic carbocycles. The van der Waals surface area contributed by atoms with E-state index in [2.05, 4.69) is 5.32 Å². The van der Waals surface area contributed by atoms with Gasteiger partial charge in [-0.1, -0.05) is 13.8 Å². The molecule has 5 nitrogen and oxygen atoms in total. The van der Waals surface area contributed by atoms with Crippen LogP contribution in [0.2, 0.25) is 0 Å². The molecule has 0 aliphatic heterocycles. The Morgan fingerprint density at radius 2 is 2.18 bits per heavy atom. The van der Waals surface area contributed by atoms with E-state index in [4.69, 9.17) is 5.11 Å². The molecule has 6 heteroatoms. The molecule has 0 heterocycles. The molecule has 0 amide bonds. The van der Waals surface area contributed by atoms with Crippen molar-refractivity contribution in [3.05, 3.63) is 34.1 Å². The first kappa shape index (κ1) is 13.4. The normalized spacial score (nSPS) is 11.3. The Hall–Kier alpha value is -1.69. The molecule has 0 fully saturated rings. The van der Waals surface area contributed by atoms with Gasteiger partial charge >= 0.3 is 0 Å². The predicted octanol–water partition coefficient (Wildman–Crippen LogP) is 2.16. The van der Waals surface area contributed by atoms with Crippen molar-refractivity contribution >= 4 is 11.4 Å². The SMILES string of the molecule is CC(C)(CO)CNc1cc([N+](=O)[O-])ccc1F. The summed E-state index contributed by atoms with van der Waals surface area (Å²) in [4.78, 5) is 9.96. The Bertz CT molecular complexity index is 421. The van der Waals surface area contributed by atoms with Crippen molar-refractivity contribution in [2.24, 2.45) is 5.41 Å². The zero-order chi connectivity index (χ0) is 13.1. The molecule has 1 aromatic rings. The van der Waals surface area contributed by atoms with Gasteiger partial charge in [-0.25, -0.2) is 4.39 Å². The molecule has 17 heavy (non-hydrogen) atoms. The molecular formula is C11H15FN2O3. The second-order valence-electron chi connectivity index (χ2n) is 4.60. The van der Waals surface area contributed by atoms with Gasteiger partial charge in [0.2, 0.25) is 0 Å². The number of nitro groups is 1. The number of halogens is 1. The number of aliphatic hydroxyl groups excluding tert-OH is 1. The average molecular weight is 242 g/mol. The van der Waals surface area contributed by atoms with E-state index >= 15 is 0 Å². The minimum absolute atomic E-state index is 0.0590. The van der Waals surface area contributed by atoms with Crippen LogP contribution in [0.25, 0.3) is 0 Å². The van der Waals surface area contributed by atoms with E-state index in [-0.39, 0.29) is 18.0 Å². The monoisotopic (exact) mass is 242 g/mol. The summed E-state index contributed by atoms with van der Waals surface area (Å²) in [6.07, 6.45) is 0. The Labute approximate surface area is 98.4 Å². The lowest BCUT2D eigenvalue weighted by Gasteiger charge is -2.22. The molecule has 0 radical (unpaired) electrons. The maximum atomic E-state index is 13.4. The van der Waals surface area contributed by atoms with E-state index in [1.54, 1.807) is 13.8 Å². The molecule has 2 N–H and O–H groups in total. The summed E-state index contributed by atoms with van der Waals surface area (Å²) >= 11 is 0. The highest BCUT2D eigenvalue weighted by atomic mass is 19.1. The summed E-state index contributed by atoms with van der Waals surface area (Å²) in [6.45, 7) is 3.86. The minimum atomic E-state index is -0.582. The van der Waals surface area contributed by atoms with E-state index in [0.717, 1.165) is 18.2 Å². The van der Waals surface area contributed by atoms with Crippen molar-refractivity contribution < 1.29 is 14.4 Å². The number of nitrogens with zero attached hydrogens (tertiary/aromatic N) is 1. The van der Waals surface area contributed by atoms with Crippen LogP contribution in [-0.4, -0.2) is 23.2 Å². The quantitative estimate of drug-likeness (QED) is 0.613. The second-order valence-corrected chi connectivity index (χ2v) is 4.60. The Morgan fingerprint density at radius 1 is 1.53 bits per heavy atom. The lowest BCUT2D eigenvalue weighted by atomic mass is 9.95. The number of nitro benzene ring substituents is 1. The summed E-state index contributed by atoms with van der Waals surface area (Å²) in [7, 11) is 0. The van der Waals surface area contributed by atoms with Crippen LogP contribution < -0.4 is 5.32 Å². The van der Waals surface area contributed by atoms with Gasteiger partial charge in [0.05, 0.1) is 10.6 Å². The highest BCUT2D eigenvalue weighted by Gasteiger charge is 2.18. The number of aliphatic hydroxyl groups is 1. The maximum Gasteiger partial charge on any atom is 0.271 e. The van der Waals surface area contributed by atoms with Crippen LogP contribution >= 0.6 is 0 Å². The van der Waals surface area contributed by atoms with E-state index in [9.17, 15) is 14.5 Å². The van der Waals surface area contributed by atoms with Crippen LogP contribution in [-0.2, 0) is 0 Å². The Balaban J connectivity index is 2.83. The second kappa shape index (κ2) is 5.09. The molecule has 0 aliphatic carbocycles. The molecule has 0 unspecified atom stereocenters. The van der Waals surface area contributed by atoms with Crippen LogP contribution in [0, 0.1) is 21.3 Å². The summed E-state index contributed by atoms with van der Waals surface area (Å²) < 4.78 is 13.4. The van der Waals surface area contributed by atoms with Crippen LogP contribution in [0.3, 0.4) is 0 Å². The van der Waals surface area contributed by atoms with Gasteiger partial charge in [0.15, 0.2) is 0 Å². The molecule has 0 saturated carbocycles. The summed E-state index contributed by atoms with van der Waals surface area (Å²) in [5.74, 6) is -0.552. The number of hydrogen-bond acceptors (Lipinski definition) is 4. The van der Waals surface area contributed by atoms with Crippen LogP contribution in [0.4, 0.5) is 15.8 Å². The van der Waals surface area contributed by atoms with Crippen molar-refractivity contribution in [1.29, 1.82) is 0 Å². The predicted molar refractivity (Wildman–Crippen MR) is 62.4 cm³/mol. The molecule has 94 valence electrons. The van der Waals surface area contributed by atoms with Crippen molar-refractivity contribution in [2.75, 3.05) is 18.5 Å². The lowest BCUT2D eigenvalue weighted by Crippen LogP contribution is -2.27. The number of rotatable bonds is 5. The van der Waals surface area contributed by atoms with Crippen LogP contribution in [0.5, 0.6) is 0 Å². The summed E-state index contributed by atoms with van der Waals surface area (Å²) in [6, 6.07) is 3.30. The fourth-order valence-electron chi connectivity index (χ4n) is 1.15. The summed E-state index contributed by atoms with van der Waals surface area (Å²) in [5, 5.41) is 22.3. The van der Waals surface area contributed by atoms with E-state index in [0.29, 0.717) is 6.54 Å². The number of non-ortho nitro benzene ring substituents is 1. The van der Waals surface area contributed by atoms with Gasteiger partial charge in [-0.2, -0.15) is 0 Å². The molecule has 0 aliphatic rings. The van der Waals surface area contributed by atoms with Gasteiger partial charge in [-0.3, -0.25) is 10.1 Å². The molecule has 1 rings (SSSR count). The first-order chi connectivity index (χ1) is 7.85. The smallest absolute Gasteiger partial charge is 0.271 e. The highest BCUT2D eigenvalue weighted by Crippen LogP contribution is 2.23. The standard InChI is InChI=1S/C11H15FN2O3/c1-11(2,7-15)6-13-10-5-8(14(16)17)3-4-9(10)12/h3-5,13,15H,6-7H2,1-2H3. The molecule has 0 spiro atoms. The fraction of sp³-hybridized carbons (Fsp3) is 0.455. The van der Waals surface area contributed by atoms with Gasteiger partial charge in [0.25, 0.3) is 5.69 Å². The third-order valence-electron chi connectivity index (χ3n) is 2.35. The van der Waals surface area contributed by atoms with Gasteiger partial charge in [-0.05, 0) is 6.07 Å². The van der Waals surface area contributed by atoms with Gasteiger partial charge in [-0.15, -0.1) is 0 Å². The van der Waals surface area contributed by atoms with E-state index < -0.39 is 16.2 Å². The number of hydrogen-bond donors (Lipinski definition) is 2. The zero-order valence-electron chi connectivity index (χ0n) is 9.74. The largest absolute Gasteiger partial charge is 0.396 e. The Kier molecular flexibility index (Phi) is 4.01. The van der Waals surface area contributed by atoms with Crippen LogP contribution in [0.15, 0.2) is 18.2 Å². The van der Waals surface area contributed by atoms with Crippen molar-refractivity contribution in [1.82, 2.24) is 0 Å².